The van der Waals surface area contributed by atoms with E-state index < -0.39 is 0 Å². The first-order chi connectivity index (χ1) is 8.69. The Kier molecular flexibility index (Phi) is 4.78. The monoisotopic (exact) mass is 250 g/mol. The van der Waals surface area contributed by atoms with E-state index in [1.54, 1.807) is 0 Å². The highest BCUT2D eigenvalue weighted by atomic mass is 15.3. The van der Waals surface area contributed by atoms with Crippen LogP contribution in [-0.4, -0.2) is 41.4 Å². The first-order valence-corrected chi connectivity index (χ1v) is 7.09. The molecular formula is C14H26N4. The summed E-state index contributed by atoms with van der Waals surface area (Å²) in [4.78, 5) is 2.56. The van der Waals surface area contributed by atoms with Crippen LogP contribution in [0.5, 0.6) is 0 Å². The predicted molar refractivity (Wildman–Crippen MR) is 74.5 cm³/mol. The van der Waals surface area contributed by atoms with Gasteiger partial charge in [-0.1, -0.05) is 0 Å². The Morgan fingerprint density at radius 1 is 1.50 bits per heavy atom. The summed E-state index contributed by atoms with van der Waals surface area (Å²) in [6.45, 7) is 8.97. The van der Waals surface area contributed by atoms with Gasteiger partial charge in [-0.3, -0.25) is 9.58 Å². The van der Waals surface area contributed by atoms with Gasteiger partial charge in [0.05, 0.1) is 6.20 Å². The molecule has 0 aromatic carbocycles. The Morgan fingerprint density at radius 2 is 2.33 bits per heavy atom. The van der Waals surface area contributed by atoms with Crippen LogP contribution in [0.3, 0.4) is 0 Å². The molecule has 0 spiro atoms. The molecule has 0 saturated carbocycles. The van der Waals surface area contributed by atoms with Crippen LogP contribution in [0, 0.1) is 5.92 Å². The topological polar surface area (TPSA) is 33.1 Å². The Labute approximate surface area is 110 Å². The van der Waals surface area contributed by atoms with E-state index in [4.69, 9.17) is 0 Å². The third-order valence-electron chi connectivity index (χ3n) is 3.69. The van der Waals surface area contributed by atoms with E-state index in [9.17, 15) is 0 Å². The normalized spacial score (nSPS) is 21.7. The van der Waals surface area contributed by atoms with Crippen LogP contribution in [0.15, 0.2) is 12.4 Å². The van der Waals surface area contributed by atoms with Crippen LogP contribution in [0.25, 0.3) is 0 Å². The van der Waals surface area contributed by atoms with E-state index in [-0.39, 0.29) is 0 Å². The van der Waals surface area contributed by atoms with Crippen LogP contribution in [0.2, 0.25) is 0 Å². The number of likely N-dealkylation sites (tertiary alicyclic amines) is 1. The minimum Gasteiger partial charge on any atom is -0.319 e. The number of piperidine rings is 1. The molecule has 1 aliphatic heterocycles. The van der Waals surface area contributed by atoms with Gasteiger partial charge in [0.1, 0.15) is 0 Å². The van der Waals surface area contributed by atoms with Gasteiger partial charge in [0.2, 0.25) is 0 Å². The molecule has 0 radical (unpaired) electrons. The zero-order valence-corrected chi connectivity index (χ0v) is 11.9. The number of aromatic nitrogens is 2. The lowest BCUT2D eigenvalue weighted by molar-refractivity contribution is 0.167. The standard InChI is InChI=1S/C14H26N4/c1-12(2)18-11-14(8-16-18)10-17-6-4-5-13(9-17)7-15-3/h8,11-13,15H,4-7,9-10H2,1-3H3. The van der Waals surface area contributed by atoms with Crippen molar-refractivity contribution in [2.75, 3.05) is 26.7 Å². The lowest BCUT2D eigenvalue weighted by Crippen LogP contribution is -2.38. The highest BCUT2D eigenvalue weighted by molar-refractivity contribution is 5.04. The predicted octanol–water partition coefficient (Wildman–Crippen LogP) is 1.90. The number of hydrogen-bond donors (Lipinski definition) is 1. The Bertz CT molecular complexity index is 356. The smallest absolute Gasteiger partial charge is 0.0534 e. The van der Waals surface area contributed by atoms with Crippen molar-refractivity contribution in [2.24, 2.45) is 5.92 Å². The van der Waals surface area contributed by atoms with Gasteiger partial charge in [-0.2, -0.15) is 5.10 Å². The van der Waals surface area contributed by atoms with Crippen molar-refractivity contribution in [3.05, 3.63) is 18.0 Å². The maximum Gasteiger partial charge on any atom is 0.0534 e. The van der Waals surface area contributed by atoms with Crippen LogP contribution < -0.4 is 5.32 Å². The van der Waals surface area contributed by atoms with Crippen LogP contribution >= 0.6 is 0 Å². The lowest BCUT2D eigenvalue weighted by Gasteiger charge is -2.32. The van der Waals surface area contributed by atoms with Gasteiger partial charge in [0.15, 0.2) is 0 Å². The summed E-state index contributed by atoms with van der Waals surface area (Å²) in [5.74, 6) is 0.809. The van der Waals surface area contributed by atoms with Crippen molar-refractivity contribution >= 4 is 0 Å². The fourth-order valence-corrected chi connectivity index (χ4v) is 2.75. The average Bonchev–Trinajstić information content (AvgIpc) is 2.78. The Hall–Kier alpha value is -0.870. The van der Waals surface area contributed by atoms with Gasteiger partial charge in [-0.25, -0.2) is 0 Å². The fraction of sp³-hybridized carbons (Fsp3) is 0.786. The molecule has 18 heavy (non-hydrogen) atoms. The van der Waals surface area contributed by atoms with Crippen molar-refractivity contribution in [3.63, 3.8) is 0 Å². The molecule has 4 heteroatoms. The summed E-state index contributed by atoms with van der Waals surface area (Å²) in [6.07, 6.45) is 6.89. The average molecular weight is 250 g/mol. The summed E-state index contributed by atoms with van der Waals surface area (Å²) >= 11 is 0. The van der Waals surface area contributed by atoms with Gasteiger partial charge in [0, 0.05) is 30.9 Å². The van der Waals surface area contributed by atoms with Gasteiger partial charge in [-0.05, 0) is 52.7 Å². The summed E-state index contributed by atoms with van der Waals surface area (Å²) in [6, 6.07) is 0.456. The molecule has 1 saturated heterocycles. The molecule has 0 bridgehead atoms. The molecule has 0 amide bonds. The summed E-state index contributed by atoms with van der Waals surface area (Å²) in [7, 11) is 2.05. The van der Waals surface area contributed by atoms with E-state index in [1.165, 1.54) is 31.5 Å². The van der Waals surface area contributed by atoms with Crippen molar-refractivity contribution in [3.8, 4) is 0 Å². The molecule has 2 rings (SSSR count). The number of nitrogens with zero attached hydrogens (tertiary/aromatic N) is 3. The number of rotatable bonds is 5. The van der Waals surface area contributed by atoms with Crippen molar-refractivity contribution < 1.29 is 0 Å². The Morgan fingerprint density at radius 3 is 3.00 bits per heavy atom. The van der Waals surface area contributed by atoms with Gasteiger partial charge >= 0.3 is 0 Å². The second kappa shape index (κ2) is 6.34. The quantitative estimate of drug-likeness (QED) is 0.866. The highest BCUT2D eigenvalue weighted by Crippen LogP contribution is 2.18. The zero-order chi connectivity index (χ0) is 13.0. The van der Waals surface area contributed by atoms with E-state index in [0.29, 0.717) is 6.04 Å². The molecule has 2 heterocycles. The zero-order valence-electron chi connectivity index (χ0n) is 11.9. The van der Waals surface area contributed by atoms with Crippen LogP contribution in [0.1, 0.15) is 38.3 Å². The summed E-state index contributed by atoms with van der Waals surface area (Å²) in [5, 5.41) is 7.71. The van der Waals surface area contributed by atoms with Crippen molar-refractivity contribution in [2.45, 2.75) is 39.3 Å². The van der Waals surface area contributed by atoms with Gasteiger partial charge in [-0.15, -0.1) is 0 Å². The lowest BCUT2D eigenvalue weighted by atomic mass is 9.98. The van der Waals surface area contributed by atoms with E-state index >= 15 is 0 Å². The number of hydrogen-bond acceptors (Lipinski definition) is 3. The molecule has 102 valence electrons. The van der Waals surface area contributed by atoms with Crippen molar-refractivity contribution in [1.82, 2.24) is 20.0 Å². The summed E-state index contributed by atoms with van der Waals surface area (Å²) < 4.78 is 2.05. The first-order valence-electron chi connectivity index (χ1n) is 7.09. The van der Waals surface area contributed by atoms with E-state index in [0.717, 1.165) is 19.0 Å². The number of nitrogens with one attached hydrogen (secondary N) is 1. The molecule has 1 aromatic heterocycles. The van der Waals surface area contributed by atoms with E-state index in [1.807, 2.05) is 17.9 Å². The largest absolute Gasteiger partial charge is 0.319 e. The van der Waals surface area contributed by atoms with Crippen LogP contribution in [0.4, 0.5) is 0 Å². The van der Waals surface area contributed by atoms with Crippen LogP contribution in [-0.2, 0) is 6.54 Å². The SMILES string of the molecule is CNCC1CCCN(Cc2cnn(C(C)C)c2)C1. The third kappa shape index (κ3) is 3.56. The molecule has 4 nitrogen and oxygen atoms in total. The second-order valence-corrected chi connectivity index (χ2v) is 5.72. The first kappa shape index (κ1) is 13.6. The molecule has 0 aliphatic carbocycles. The molecule has 1 unspecified atom stereocenters. The molecule has 1 fully saturated rings. The summed E-state index contributed by atoms with van der Waals surface area (Å²) in [5.41, 5.74) is 1.34. The molecule has 1 aliphatic rings. The second-order valence-electron chi connectivity index (χ2n) is 5.72. The van der Waals surface area contributed by atoms with E-state index in [2.05, 4.69) is 35.4 Å². The third-order valence-corrected chi connectivity index (χ3v) is 3.69. The minimum atomic E-state index is 0.456. The fourth-order valence-electron chi connectivity index (χ4n) is 2.75. The molecule has 1 aromatic rings. The molecule has 1 N–H and O–H groups in total. The van der Waals surface area contributed by atoms with Gasteiger partial charge in [0.25, 0.3) is 0 Å². The van der Waals surface area contributed by atoms with Gasteiger partial charge < -0.3 is 5.32 Å². The Balaban J connectivity index is 1.87. The maximum absolute atomic E-state index is 4.41. The minimum absolute atomic E-state index is 0.456. The van der Waals surface area contributed by atoms with Crippen molar-refractivity contribution in [1.29, 1.82) is 0 Å². The molecule has 1 atom stereocenters. The maximum atomic E-state index is 4.41. The molecular weight excluding hydrogens is 224 g/mol. The highest BCUT2D eigenvalue weighted by Gasteiger charge is 2.19.